The topological polar surface area (TPSA) is 21.3 Å². The van der Waals surface area contributed by atoms with Crippen molar-refractivity contribution in [2.45, 2.75) is 26.4 Å². The zero-order valence-electron chi connectivity index (χ0n) is 7.82. The van der Waals surface area contributed by atoms with E-state index in [4.69, 9.17) is 4.74 Å². The van der Waals surface area contributed by atoms with Crippen LogP contribution in [0, 0.1) is 11.8 Å². The molecule has 64 valence electrons. The Kier molecular flexibility index (Phi) is 4.93. The number of ether oxygens (including phenoxy) is 1. The molecule has 0 fully saturated rings. The maximum Gasteiger partial charge on any atom is 0.122 e. The fourth-order valence-corrected chi connectivity index (χ4v) is 0.496. The van der Waals surface area contributed by atoms with Crippen LogP contribution in [-0.4, -0.2) is 25.8 Å². The SMILES string of the molecule is CCNCC#CC(C)(C)OC. The predicted molar refractivity (Wildman–Crippen MR) is 47.4 cm³/mol. The molecule has 0 aliphatic heterocycles. The zero-order valence-corrected chi connectivity index (χ0v) is 7.82. The second kappa shape index (κ2) is 5.17. The molecule has 0 saturated carbocycles. The molecule has 1 N–H and O–H groups in total. The highest BCUT2D eigenvalue weighted by molar-refractivity contribution is 5.11. The van der Waals surface area contributed by atoms with Crippen molar-refractivity contribution in [3.8, 4) is 11.8 Å². The van der Waals surface area contributed by atoms with Crippen molar-refractivity contribution < 1.29 is 4.74 Å². The van der Waals surface area contributed by atoms with Crippen LogP contribution in [0.1, 0.15) is 20.8 Å². The van der Waals surface area contributed by atoms with Crippen molar-refractivity contribution in [3.05, 3.63) is 0 Å². The van der Waals surface area contributed by atoms with Gasteiger partial charge >= 0.3 is 0 Å². The molecule has 0 radical (unpaired) electrons. The fourth-order valence-electron chi connectivity index (χ4n) is 0.496. The van der Waals surface area contributed by atoms with Crippen molar-refractivity contribution in [2.24, 2.45) is 0 Å². The predicted octanol–water partition coefficient (Wildman–Crippen LogP) is 1.02. The Morgan fingerprint density at radius 2 is 2.09 bits per heavy atom. The van der Waals surface area contributed by atoms with E-state index < -0.39 is 0 Å². The maximum atomic E-state index is 5.12. The molecule has 0 heterocycles. The van der Waals surface area contributed by atoms with Gasteiger partial charge in [-0.15, -0.1) is 0 Å². The number of hydrogen-bond acceptors (Lipinski definition) is 2. The van der Waals surface area contributed by atoms with Gasteiger partial charge in [-0.3, -0.25) is 0 Å². The first-order chi connectivity index (χ1) is 5.12. The molecule has 0 unspecified atom stereocenters. The molecule has 0 rings (SSSR count). The first-order valence-corrected chi connectivity index (χ1v) is 3.88. The van der Waals surface area contributed by atoms with Crippen molar-refractivity contribution in [1.29, 1.82) is 0 Å². The highest BCUT2D eigenvalue weighted by Gasteiger charge is 2.09. The lowest BCUT2D eigenvalue weighted by Gasteiger charge is -2.14. The Hall–Kier alpha value is -0.520. The summed E-state index contributed by atoms with van der Waals surface area (Å²) in [4.78, 5) is 0. The third-order valence-electron chi connectivity index (χ3n) is 1.36. The van der Waals surface area contributed by atoms with E-state index in [1.807, 2.05) is 13.8 Å². The first-order valence-electron chi connectivity index (χ1n) is 3.88. The minimum absolute atomic E-state index is 0.310. The van der Waals surface area contributed by atoms with Crippen LogP contribution in [0.15, 0.2) is 0 Å². The second-order valence-corrected chi connectivity index (χ2v) is 2.80. The molecule has 0 spiro atoms. The largest absolute Gasteiger partial charge is 0.366 e. The maximum absolute atomic E-state index is 5.12. The summed E-state index contributed by atoms with van der Waals surface area (Å²) >= 11 is 0. The minimum Gasteiger partial charge on any atom is -0.366 e. The van der Waals surface area contributed by atoms with Crippen molar-refractivity contribution in [1.82, 2.24) is 5.32 Å². The van der Waals surface area contributed by atoms with Crippen LogP contribution in [0.4, 0.5) is 0 Å². The lowest BCUT2D eigenvalue weighted by Crippen LogP contribution is -2.20. The molecular formula is C9H17NO. The smallest absolute Gasteiger partial charge is 0.122 e. The summed E-state index contributed by atoms with van der Waals surface area (Å²) in [7, 11) is 1.67. The third kappa shape index (κ3) is 5.90. The van der Waals surface area contributed by atoms with Gasteiger partial charge in [-0.05, 0) is 20.4 Å². The average Bonchev–Trinajstić information content (AvgIpc) is 1.99. The van der Waals surface area contributed by atoms with E-state index in [2.05, 4.69) is 24.1 Å². The molecular weight excluding hydrogens is 138 g/mol. The third-order valence-corrected chi connectivity index (χ3v) is 1.36. The van der Waals surface area contributed by atoms with Gasteiger partial charge in [0, 0.05) is 7.11 Å². The summed E-state index contributed by atoms with van der Waals surface area (Å²) in [6.45, 7) is 7.66. The normalized spacial score (nSPS) is 10.5. The van der Waals surface area contributed by atoms with Crippen LogP contribution in [0.5, 0.6) is 0 Å². The number of hydrogen-bond donors (Lipinski definition) is 1. The van der Waals surface area contributed by atoms with E-state index in [1.54, 1.807) is 7.11 Å². The van der Waals surface area contributed by atoms with E-state index in [9.17, 15) is 0 Å². The Labute approximate surface area is 69.3 Å². The zero-order chi connectivity index (χ0) is 8.74. The van der Waals surface area contributed by atoms with E-state index in [0.717, 1.165) is 13.1 Å². The lowest BCUT2D eigenvalue weighted by atomic mass is 10.1. The lowest BCUT2D eigenvalue weighted by molar-refractivity contribution is 0.0741. The molecule has 2 heteroatoms. The minimum atomic E-state index is -0.310. The van der Waals surface area contributed by atoms with Crippen LogP contribution >= 0.6 is 0 Å². The summed E-state index contributed by atoms with van der Waals surface area (Å²) in [6.07, 6.45) is 0. The summed E-state index contributed by atoms with van der Waals surface area (Å²) in [5, 5.41) is 3.12. The average molecular weight is 155 g/mol. The fraction of sp³-hybridized carbons (Fsp3) is 0.778. The van der Waals surface area contributed by atoms with Gasteiger partial charge in [0.25, 0.3) is 0 Å². The summed E-state index contributed by atoms with van der Waals surface area (Å²) in [6, 6.07) is 0. The van der Waals surface area contributed by atoms with Crippen molar-refractivity contribution in [2.75, 3.05) is 20.2 Å². The van der Waals surface area contributed by atoms with Crippen LogP contribution in [0.2, 0.25) is 0 Å². The highest BCUT2D eigenvalue weighted by atomic mass is 16.5. The number of nitrogens with one attached hydrogen (secondary N) is 1. The summed E-state index contributed by atoms with van der Waals surface area (Å²) in [5.74, 6) is 6.00. The monoisotopic (exact) mass is 155 g/mol. The van der Waals surface area contributed by atoms with Gasteiger partial charge in [-0.2, -0.15) is 0 Å². The first kappa shape index (κ1) is 10.5. The molecule has 0 aliphatic rings. The molecule has 0 aromatic rings. The van der Waals surface area contributed by atoms with Gasteiger partial charge < -0.3 is 10.1 Å². The molecule has 0 aromatic carbocycles. The Balaban J connectivity index is 3.67. The Bertz CT molecular complexity index is 153. The summed E-state index contributed by atoms with van der Waals surface area (Å²) in [5.41, 5.74) is -0.310. The standard InChI is InChI=1S/C9H17NO/c1-5-10-8-6-7-9(2,3)11-4/h10H,5,8H2,1-4H3. The molecule has 0 bridgehead atoms. The van der Waals surface area contributed by atoms with Gasteiger partial charge in [-0.1, -0.05) is 18.8 Å². The summed E-state index contributed by atoms with van der Waals surface area (Å²) < 4.78 is 5.12. The Morgan fingerprint density at radius 1 is 1.45 bits per heavy atom. The number of rotatable bonds is 3. The highest BCUT2D eigenvalue weighted by Crippen LogP contribution is 2.03. The van der Waals surface area contributed by atoms with Crippen LogP contribution in [0.25, 0.3) is 0 Å². The molecule has 0 amide bonds. The molecule has 11 heavy (non-hydrogen) atoms. The van der Waals surface area contributed by atoms with Gasteiger partial charge in [-0.25, -0.2) is 0 Å². The van der Waals surface area contributed by atoms with Gasteiger partial charge in [0.15, 0.2) is 0 Å². The second-order valence-electron chi connectivity index (χ2n) is 2.80. The number of methoxy groups -OCH3 is 1. The molecule has 0 aliphatic carbocycles. The quantitative estimate of drug-likeness (QED) is 0.485. The van der Waals surface area contributed by atoms with E-state index in [-0.39, 0.29) is 5.60 Å². The van der Waals surface area contributed by atoms with Crippen LogP contribution in [0.3, 0.4) is 0 Å². The van der Waals surface area contributed by atoms with Gasteiger partial charge in [0.2, 0.25) is 0 Å². The molecule has 0 aromatic heterocycles. The van der Waals surface area contributed by atoms with E-state index >= 15 is 0 Å². The van der Waals surface area contributed by atoms with Crippen molar-refractivity contribution >= 4 is 0 Å². The van der Waals surface area contributed by atoms with Crippen LogP contribution < -0.4 is 5.32 Å². The van der Waals surface area contributed by atoms with Crippen LogP contribution in [-0.2, 0) is 4.74 Å². The van der Waals surface area contributed by atoms with Crippen molar-refractivity contribution in [3.63, 3.8) is 0 Å². The van der Waals surface area contributed by atoms with Gasteiger partial charge in [0.1, 0.15) is 5.60 Å². The van der Waals surface area contributed by atoms with E-state index in [1.165, 1.54) is 0 Å². The molecule has 0 atom stereocenters. The molecule has 2 nitrogen and oxygen atoms in total. The Morgan fingerprint density at radius 3 is 2.55 bits per heavy atom. The molecule has 0 saturated heterocycles. The van der Waals surface area contributed by atoms with E-state index in [0.29, 0.717) is 0 Å². The van der Waals surface area contributed by atoms with Gasteiger partial charge in [0.05, 0.1) is 6.54 Å².